The first-order chi connectivity index (χ1) is 9.67. The number of nitrogens with one attached hydrogen (secondary N) is 1. The summed E-state index contributed by atoms with van der Waals surface area (Å²) in [6, 6.07) is 0.259. The number of rotatable bonds is 11. The maximum absolute atomic E-state index is 9.81. The zero-order valence-electron chi connectivity index (χ0n) is 12.3. The molecule has 1 aromatic rings. The van der Waals surface area contributed by atoms with Gasteiger partial charge in [-0.05, 0) is 19.8 Å². The molecule has 1 rings (SSSR count). The van der Waals surface area contributed by atoms with Crippen LogP contribution >= 0.6 is 11.3 Å². The number of hydrogen-bond acceptors (Lipinski definition) is 6. The van der Waals surface area contributed by atoms with E-state index in [9.17, 15) is 5.11 Å². The third-order valence-corrected chi connectivity index (χ3v) is 4.24. The van der Waals surface area contributed by atoms with Crippen molar-refractivity contribution in [1.82, 2.24) is 10.3 Å². The predicted molar refractivity (Wildman–Crippen MR) is 81.2 cm³/mol. The van der Waals surface area contributed by atoms with E-state index in [1.165, 1.54) is 4.88 Å². The highest BCUT2D eigenvalue weighted by atomic mass is 32.1. The molecule has 0 aliphatic heterocycles. The van der Waals surface area contributed by atoms with Gasteiger partial charge in [-0.1, -0.05) is 6.92 Å². The average molecular weight is 302 g/mol. The first-order valence-corrected chi connectivity index (χ1v) is 8.04. The van der Waals surface area contributed by atoms with E-state index in [2.05, 4.69) is 17.2 Å². The van der Waals surface area contributed by atoms with Crippen molar-refractivity contribution < 1.29 is 14.9 Å². The van der Waals surface area contributed by atoms with Crippen LogP contribution in [0.2, 0.25) is 0 Å². The monoisotopic (exact) mass is 302 g/mol. The quantitative estimate of drug-likeness (QED) is 0.534. The molecule has 0 amide bonds. The van der Waals surface area contributed by atoms with Gasteiger partial charge in [0, 0.05) is 30.5 Å². The van der Waals surface area contributed by atoms with E-state index in [1.807, 2.05) is 12.4 Å². The number of aliphatic hydroxyl groups is 2. The summed E-state index contributed by atoms with van der Waals surface area (Å²) in [5.41, 5.74) is 2.91. The summed E-state index contributed by atoms with van der Waals surface area (Å²) >= 11 is 1.64. The maximum atomic E-state index is 9.81. The largest absolute Gasteiger partial charge is 0.396 e. The van der Waals surface area contributed by atoms with Crippen molar-refractivity contribution in [2.75, 3.05) is 26.4 Å². The fourth-order valence-corrected chi connectivity index (χ4v) is 2.68. The number of aromatic nitrogens is 1. The fraction of sp³-hybridized carbons (Fsp3) is 0.786. The average Bonchev–Trinajstić information content (AvgIpc) is 2.85. The van der Waals surface area contributed by atoms with Crippen LogP contribution in [0.1, 0.15) is 30.3 Å². The minimum Gasteiger partial charge on any atom is -0.396 e. The Bertz CT molecular complexity index is 360. The number of aliphatic hydroxyl groups excluding tert-OH is 2. The molecule has 0 fully saturated rings. The second-order valence-corrected chi connectivity index (χ2v) is 5.80. The van der Waals surface area contributed by atoms with Gasteiger partial charge >= 0.3 is 0 Å². The molecule has 1 heterocycles. The molecule has 116 valence electrons. The van der Waals surface area contributed by atoms with Crippen molar-refractivity contribution in [2.45, 2.75) is 45.3 Å². The molecule has 0 aliphatic carbocycles. The van der Waals surface area contributed by atoms with Gasteiger partial charge < -0.3 is 20.3 Å². The molecule has 5 nitrogen and oxygen atoms in total. The van der Waals surface area contributed by atoms with Gasteiger partial charge in [-0.25, -0.2) is 4.98 Å². The Hall–Kier alpha value is -0.530. The van der Waals surface area contributed by atoms with Crippen LogP contribution < -0.4 is 5.32 Å². The van der Waals surface area contributed by atoms with Crippen molar-refractivity contribution >= 4 is 11.3 Å². The molecular weight excluding hydrogens is 276 g/mol. The van der Waals surface area contributed by atoms with Crippen molar-refractivity contribution in [2.24, 2.45) is 0 Å². The lowest BCUT2D eigenvalue weighted by atomic mass is 10.1. The molecule has 0 spiro atoms. The number of aryl methyl sites for hydroxylation is 1. The molecule has 0 radical (unpaired) electrons. The summed E-state index contributed by atoms with van der Waals surface area (Å²) < 4.78 is 5.49. The number of nitrogens with zero attached hydrogens (tertiary/aromatic N) is 1. The van der Waals surface area contributed by atoms with Gasteiger partial charge in [-0.2, -0.15) is 0 Å². The van der Waals surface area contributed by atoms with Gasteiger partial charge in [0.25, 0.3) is 0 Å². The zero-order valence-corrected chi connectivity index (χ0v) is 13.2. The predicted octanol–water partition coefficient (Wildman–Crippen LogP) is 1.12. The molecule has 0 aliphatic rings. The number of ether oxygens (including phenoxy) is 1. The second-order valence-electron chi connectivity index (χ2n) is 4.87. The molecule has 20 heavy (non-hydrogen) atoms. The lowest BCUT2D eigenvalue weighted by Crippen LogP contribution is -2.37. The van der Waals surface area contributed by atoms with Crippen LogP contribution in [0.15, 0.2) is 5.51 Å². The van der Waals surface area contributed by atoms with E-state index in [1.54, 1.807) is 11.3 Å². The van der Waals surface area contributed by atoms with Gasteiger partial charge in [0.05, 0.1) is 30.5 Å². The molecule has 2 atom stereocenters. The third-order valence-electron chi connectivity index (χ3n) is 3.24. The topological polar surface area (TPSA) is 74.6 Å². The van der Waals surface area contributed by atoms with Crippen LogP contribution in [0.4, 0.5) is 0 Å². The summed E-state index contributed by atoms with van der Waals surface area (Å²) in [5, 5.41) is 21.9. The number of hydrogen-bond donors (Lipinski definition) is 3. The van der Waals surface area contributed by atoms with Gasteiger partial charge in [0.2, 0.25) is 0 Å². The Labute approximate surface area is 125 Å². The first-order valence-electron chi connectivity index (χ1n) is 7.16. The highest BCUT2D eigenvalue weighted by Crippen LogP contribution is 2.12. The van der Waals surface area contributed by atoms with Gasteiger partial charge in [0.1, 0.15) is 0 Å². The molecule has 0 saturated heterocycles. The summed E-state index contributed by atoms with van der Waals surface area (Å²) in [4.78, 5) is 5.43. The summed E-state index contributed by atoms with van der Waals surface area (Å²) in [7, 11) is 0. The molecule has 6 heteroatoms. The Morgan fingerprint density at radius 1 is 1.50 bits per heavy atom. The lowest BCUT2D eigenvalue weighted by Gasteiger charge is -2.18. The highest BCUT2D eigenvalue weighted by Gasteiger charge is 2.09. The summed E-state index contributed by atoms with van der Waals surface area (Å²) in [6.07, 6.45) is 2.00. The summed E-state index contributed by atoms with van der Waals surface area (Å²) in [5.74, 6) is 0. The maximum Gasteiger partial charge on any atom is 0.0897 e. The fourth-order valence-electron chi connectivity index (χ4n) is 1.92. The Morgan fingerprint density at radius 3 is 2.90 bits per heavy atom. The highest BCUT2D eigenvalue weighted by molar-refractivity contribution is 7.09. The van der Waals surface area contributed by atoms with Crippen LogP contribution in [0.5, 0.6) is 0 Å². The molecule has 1 aromatic heterocycles. The van der Waals surface area contributed by atoms with E-state index in [0.29, 0.717) is 26.2 Å². The van der Waals surface area contributed by atoms with Gasteiger partial charge in [-0.3, -0.25) is 0 Å². The van der Waals surface area contributed by atoms with E-state index in [4.69, 9.17) is 9.84 Å². The van der Waals surface area contributed by atoms with Crippen molar-refractivity contribution in [3.63, 3.8) is 0 Å². The molecular formula is C14H26N2O3S. The first kappa shape index (κ1) is 17.5. The van der Waals surface area contributed by atoms with Crippen LogP contribution in [0.25, 0.3) is 0 Å². The minimum absolute atomic E-state index is 0.173. The van der Waals surface area contributed by atoms with Gasteiger partial charge in [-0.15, -0.1) is 11.3 Å². The Morgan fingerprint density at radius 2 is 2.30 bits per heavy atom. The van der Waals surface area contributed by atoms with E-state index in [-0.39, 0.29) is 12.6 Å². The number of thiazole rings is 1. The van der Waals surface area contributed by atoms with Gasteiger partial charge in [0.15, 0.2) is 0 Å². The molecule has 2 unspecified atom stereocenters. The molecule has 3 N–H and O–H groups in total. The lowest BCUT2D eigenvalue weighted by molar-refractivity contribution is 0.0366. The minimum atomic E-state index is -0.509. The van der Waals surface area contributed by atoms with Crippen LogP contribution in [-0.4, -0.2) is 53.7 Å². The Kier molecular flexibility index (Phi) is 8.97. The van der Waals surface area contributed by atoms with Crippen molar-refractivity contribution in [3.05, 3.63) is 16.1 Å². The van der Waals surface area contributed by atoms with E-state index < -0.39 is 6.10 Å². The molecule has 0 aromatic carbocycles. The van der Waals surface area contributed by atoms with E-state index in [0.717, 1.165) is 18.5 Å². The van der Waals surface area contributed by atoms with Crippen molar-refractivity contribution in [3.8, 4) is 0 Å². The van der Waals surface area contributed by atoms with Crippen LogP contribution in [0, 0.1) is 6.92 Å². The Balaban J connectivity index is 2.08. The standard InChI is InChI=1S/C14H26N2O3S/c1-3-12(4-6-17)15-8-13(18)9-19-7-5-14-11(2)16-10-20-14/h10,12-13,15,17-18H,3-9H2,1-2H3. The van der Waals surface area contributed by atoms with Crippen LogP contribution in [-0.2, 0) is 11.2 Å². The van der Waals surface area contributed by atoms with Crippen molar-refractivity contribution in [1.29, 1.82) is 0 Å². The van der Waals surface area contributed by atoms with Crippen LogP contribution in [0.3, 0.4) is 0 Å². The molecule has 0 bridgehead atoms. The third kappa shape index (κ3) is 6.76. The summed E-state index contributed by atoms with van der Waals surface area (Å²) in [6.45, 7) is 5.67. The second kappa shape index (κ2) is 10.2. The van der Waals surface area contributed by atoms with E-state index >= 15 is 0 Å². The molecule has 0 saturated carbocycles. The smallest absolute Gasteiger partial charge is 0.0897 e. The zero-order chi connectivity index (χ0) is 14.8. The normalized spacial score (nSPS) is 14.4. The SMILES string of the molecule is CCC(CCO)NCC(O)COCCc1scnc1C.